The molecule has 2 bridgehead atoms. The second-order valence-corrected chi connectivity index (χ2v) is 6.19. The third-order valence-corrected chi connectivity index (χ3v) is 4.93. The number of nitrogens with one attached hydrogen (secondary N) is 2. The molecule has 0 heterocycles. The molecule has 0 saturated heterocycles. The van der Waals surface area contributed by atoms with E-state index < -0.39 is 0 Å². The molecule has 2 N–H and O–H groups in total. The van der Waals surface area contributed by atoms with E-state index in [1.165, 1.54) is 25.7 Å². The summed E-state index contributed by atoms with van der Waals surface area (Å²) < 4.78 is 0. The summed E-state index contributed by atoms with van der Waals surface area (Å²) in [5.41, 5.74) is 0. The first-order valence-electron chi connectivity index (χ1n) is 7.70. The zero-order valence-electron chi connectivity index (χ0n) is 12.0. The summed E-state index contributed by atoms with van der Waals surface area (Å²) in [6, 6.07) is 0.878. The number of carbonyl (C=O) groups excluding carboxylic acids is 1. The van der Waals surface area contributed by atoms with Crippen molar-refractivity contribution in [2.24, 2.45) is 11.8 Å². The molecule has 2 aliphatic carbocycles. The lowest BCUT2D eigenvalue weighted by Gasteiger charge is -2.27. The Morgan fingerprint density at radius 3 is 2.44 bits per heavy atom. The van der Waals surface area contributed by atoms with Gasteiger partial charge in [0.05, 0.1) is 6.04 Å². The molecule has 1 amide bonds. The van der Waals surface area contributed by atoms with Crippen LogP contribution in [-0.4, -0.2) is 24.0 Å². The largest absolute Gasteiger partial charge is 0.352 e. The maximum Gasteiger partial charge on any atom is 0.237 e. The van der Waals surface area contributed by atoms with Crippen LogP contribution in [0.4, 0.5) is 0 Å². The average Bonchev–Trinajstić information content (AvgIpc) is 2.97. The number of amides is 1. The number of carbonyl (C=O) groups is 1. The van der Waals surface area contributed by atoms with E-state index in [4.69, 9.17) is 0 Å². The molecule has 104 valence electrons. The molecule has 3 nitrogen and oxygen atoms in total. The zero-order valence-corrected chi connectivity index (χ0v) is 12.0. The minimum absolute atomic E-state index is 0.0463. The smallest absolute Gasteiger partial charge is 0.237 e. The number of hydrogen-bond donors (Lipinski definition) is 2. The first-order chi connectivity index (χ1) is 8.63. The topological polar surface area (TPSA) is 41.1 Å². The Balaban J connectivity index is 1.77. The highest BCUT2D eigenvalue weighted by Gasteiger charge is 2.40. The summed E-state index contributed by atoms with van der Waals surface area (Å²) in [7, 11) is 0. The van der Waals surface area contributed by atoms with E-state index in [2.05, 4.69) is 24.5 Å². The van der Waals surface area contributed by atoms with Gasteiger partial charge in [-0.25, -0.2) is 0 Å². The fourth-order valence-corrected chi connectivity index (χ4v) is 3.66. The highest BCUT2D eigenvalue weighted by atomic mass is 16.2. The minimum Gasteiger partial charge on any atom is -0.352 e. The highest BCUT2D eigenvalue weighted by molar-refractivity contribution is 5.81. The first kappa shape index (κ1) is 13.9. The summed E-state index contributed by atoms with van der Waals surface area (Å²) in [5.74, 6) is 1.94. The Morgan fingerprint density at radius 2 is 1.94 bits per heavy atom. The summed E-state index contributed by atoms with van der Waals surface area (Å²) in [5, 5.41) is 6.68. The lowest BCUT2D eigenvalue weighted by Crippen LogP contribution is -2.50. The highest BCUT2D eigenvalue weighted by Crippen LogP contribution is 2.44. The van der Waals surface area contributed by atoms with E-state index >= 15 is 0 Å². The molecule has 3 heteroatoms. The molecule has 2 fully saturated rings. The molecule has 0 spiro atoms. The second-order valence-electron chi connectivity index (χ2n) is 6.19. The van der Waals surface area contributed by atoms with Crippen molar-refractivity contribution in [1.29, 1.82) is 0 Å². The third kappa shape index (κ3) is 3.05. The van der Waals surface area contributed by atoms with Crippen molar-refractivity contribution < 1.29 is 4.79 Å². The van der Waals surface area contributed by atoms with Crippen molar-refractivity contribution in [2.45, 2.75) is 77.4 Å². The van der Waals surface area contributed by atoms with Crippen LogP contribution in [0.2, 0.25) is 0 Å². The molecule has 4 unspecified atom stereocenters. The quantitative estimate of drug-likeness (QED) is 0.762. The van der Waals surface area contributed by atoms with Crippen LogP contribution >= 0.6 is 0 Å². The molecular weight excluding hydrogens is 224 g/mol. The van der Waals surface area contributed by atoms with Crippen LogP contribution in [0, 0.1) is 11.8 Å². The maximum atomic E-state index is 12.1. The Kier molecular flexibility index (Phi) is 4.66. The maximum absolute atomic E-state index is 12.1. The molecule has 2 aliphatic rings. The fraction of sp³-hybridized carbons (Fsp3) is 0.933. The molecule has 0 aromatic carbocycles. The molecule has 0 aromatic rings. The van der Waals surface area contributed by atoms with Gasteiger partial charge >= 0.3 is 0 Å². The van der Waals surface area contributed by atoms with Gasteiger partial charge in [0.2, 0.25) is 5.91 Å². The third-order valence-electron chi connectivity index (χ3n) is 4.93. The lowest BCUT2D eigenvalue weighted by atomic mass is 9.95. The van der Waals surface area contributed by atoms with Gasteiger partial charge in [0.15, 0.2) is 0 Å². The summed E-state index contributed by atoms with van der Waals surface area (Å²) in [6.45, 7) is 6.26. The normalized spacial score (nSPS) is 31.9. The van der Waals surface area contributed by atoms with Crippen molar-refractivity contribution in [3.8, 4) is 0 Å². The SMILES string of the molecule is CCC(CC)NC(=O)C(C)NC1CC2CCC1C2. The Bertz CT molecular complexity index is 288. The monoisotopic (exact) mass is 252 g/mol. The molecule has 0 radical (unpaired) electrons. The van der Waals surface area contributed by atoms with Crippen LogP contribution in [-0.2, 0) is 4.79 Å². The van der Waals surface area contributed by atoms with Gasteiger partial charge in [-0.05, 0) is 50.9 Å². The van der Waals surface area contributed by atoms with E-state index in [1.807, 2.05) is 6.92 Å². The Labute approximate surface area is 111 Å². The van der Waals surface area contributed by atoms with Crippen LogP contribution in [0.1, 0.15) is 59.3 Å². The van der Waals surface area contributed by atoms with Crippen LogP contribution in [0.5, 0.6) is 0 Å². The van der Waals surface area contributed by atoms with Crippen LogP contribution in [0.25, 0.3) is 0 Å². The molecule has 0 aliphatic heterocycles. The summed E-state index contributed by atoms with van der Waals surface area (Å²) >= 11 is 0. The Hall–Kier alpha value is -0.570. The van der Waals surface area contributed by atoms with Gasteiger partial charge in [-0.15, -0.1) is 0 Å². The molecule has 0 aromatic heterocycles. The van der Waals surface area contributed by atoms with Crippen molar-refractivity contribution in [3.05, 3.63) is 0 Å². The van der Waals surface area contributed by atoms with Gasteiger partial charge in [-0.1, -0.05) is 20.3 Å². The van der Waals surface area contributed by atoms with Gasteiger partial charge in [-0.3, -0.25) is 4.79 Å². The van der Waals surface area contributed by atoms with E-state index in [-0.39, 0.29) is 11.9 Å². The standard InChI is InChI=1S/C15H28N2O/c1-4-13(5-2)17-15(18)10(3)16-14-9-11-6-7-12(14)8-11/h10-14,16H,4-9H2,1-3H3,(H,17,18). The predicted molar refractivity (Wildman–Crippen MR) is 74.3 cm³/mol. The van der Waals surface area contributed by atoms with Gasteiger partial charge < -0.3 is 10.6 Å². The second kappa shape index (κ2) is 6.05. The van der Waals surface area contributed by atoms with Crippen LogP contribution in [0.3, 0.4) is 0 Å². The van der Waals surface area contributed by atoms with Crippen LogP contribution in [0.15, 0.2) is 0 Å². The van der Waals surface area contributed by atoms with Crippen LogP contribution < -0.4 is 10.6 Å². The van der Waals surface area contributed by atoms with E-state index in [0.717, 1.165) is 24.7 Å². The minimum atomic E-state index is -0.0463. The average molecular weight is 252 g/mol. The van der Waals surface area contributed by atoms with Gasteiger partial charge in [0.1, 0.15) is 0 Å². The lowest BCUT2D eigenvalue weighted by molar-refractivity contribution is -0.123. The van der Waals surface area contributed by atoms with E-state index in [0.29, 0.717) is 12.1 Å². The van der Waals surface area contributed by atoms with Crippen molar-refractivity contribution in [3.63, 3.8) is 0 Å². The number of fused-ring (bicyclic) bond motifs is 2. The molecule has 2 rings (SSSR count). The van der Waals surface area contributed by atoms with Crippen molar-refractivity contribution in [1.82, 2.24) is 10.6 Å². The molecular formula is C15H28N2O. The summed E-state index contributed by atoms with van der Waals surface area (Å²) in [4.78, 5) is 12.1. The molecule has 4 atom stereocenters. The van der Waals surface area contributed by atoms with E-state index in [9.17, 15) is 4.79 Å². The zero-order chi connectivity index (χ0) is 13.1. The van der Waals surface area contributed by atoms with Crippen molar-refractivity contribution >= 4 is 5.91 Å². The van der Waals surface area contributed by atoms with E-state index in [1.54, 1.807) is 0 Å². The fourth-order valence-electron chi connectivity index (χ4n) is 3.66. The number of hydrogen-bond acceptors (Lipinski definition) is 2. The van der Waals surface area contributed by atoms with Gasteiger partial charge in [-0.2, -0.15) is 0 Å². The van der Waals surface area contributed by atoms with Gasteiger partial charge in [0.25, 0.3) is 0 Å². The molecule has 2 saturated carbocycles. The molecule has 18 heavy (non-hydrogen) atoms. The van der Waals surface area contributed by atoms with Gasteiger partial charge in [0, 0.05) is 12.1 Å². The Morgan fingerprint density at radius 1 is 1.22 bits per heavy atom. The first-order valence-corrected chi connectivity index (χ1v) is 7.70. The number of rotatable bonds is 6. The van der Waals surface area contributed by atoms with Crippen molar-refractivity contribution in [2.75, 3.05) is 0 Å². The summed E-state index contributed by atoms with van der Waals surface area (Å²) in [6.07, 6.45) is 7.48. The predicted octanol–water partition coefficient (Wildman–Crippen LogP) is 2.46.